The summed E-state index contributed by atoms with van der Waals surface area (Å²) >= 11 is 0. The molecule has 0 aromatic carbocycles. The van der Waals surface area contributed by atoms with E-state index in [0.29, 0.717) is 0 Å². The van der Waals surface area contributed by atoms with Gasteiger partial charge in [0.25, 0.3) is 0 Å². The van der Waals surface area contributed by atoms with Crippen LogP contribution in [0, 0.1) is 11.8 Å². The number of likely N-dealkylation sites (tertiary alicyclic amines) is 1. The highest BCUT2D eigenvalue weighted by atomic mass is 15.2. The molecule has 1 rings (SSSR count). The summed E-state index contributed by atoms with van der Waals surface area (Å²) in [4.78, 5) is 2.76. The summed E-state index contributed by atoms with van der Waals surface area (Å²) in [5.41, 5.74) is 0. The highest BCUT2D eigenvalue weighted by Crippen LogP contribution is 2.23. The van der Waals surface area contributed by atoms with Crippen molar-refractivity contribution in [3.8, 4) is 0 Å². The molecule has 0 amide bonds. The number of piperidine rings is 1. The molecule has 1 saturated heterocycles. The fraction of sp³-hybridized carbons (Fsp3) is 1.00. The van der Waals surface area contributed by atoms with E-state index < -0.39 is 0 Å². The average Bonchev–Trinajstić information content (AvgIpc) is 2.36. The quantitative estimate of drug-likeness (QED) is 0.735. The third-order valence-electron chi connectivity index (χ3n) is 4.40. The maximum absolute atomic E-state index is 3.34. The van der Waals surface area contributed by atoms with Crippen molar-refractivity contribution < 1.29 is 0 Å². The largest absolute Gasteiger partial charge is 0.319 e. The predicted molar refractivity (Wildman–Crippen MR) is 76.4 cm³/mol. The van der Waals surface area contributed by atoms with Crippen molar-refractivity contribution in [3.05, 3.63) is 0 Å². The summed E-state index contributed by atoms with van der Waals surface area (Å²) < 4.78 is 0. The van der Waals surface area contributed by atoms with E-state index in [0.717, 1.165) is 17.9 Å². The first-order valence-corrected chi connectivity index (χ1v) is 7.59. The summed E-state index contributed by atoms with van der Waals surface area (Å²) in [5.74, 6) is 1.75. The van der Waals surface area contributed by atoms with E-state index >= 15 is 0 Å². The van der Waals surface area contributed by atoms with Crippen molar-refractivity contribution in [1.29, 1.82) is 0 Å². The Kier molecular flexibility index (Phi) is 7.14. The smallest absolute Gasteiger partial charge is 0.00952 e. The number of nitrogens with one attached hydrogen (secondary N) is 1. The third-order valence-corrected chi connectivity index (χ3v) is 4.40. The minimum atomic E-state index is 0.824. The van der Waals surface area contributed by atoms with E-state index in [4.69, 9.17) is 0 Å². The van der Waals surface area contributed by atoms with Gasteiger partial charge in [-0.3, -0.25) is 0 Å². The first-order chi connectivity index (χ1) is 8.21. The van der Waals surface area contributed by atoms with Crippen LogP contribution in [0.25, 0.3) is 0 Å². The lowest BCUT2D eigenvalue weighted by atomic mass is 9.92. The van der Waals surface area contributed by atoms with Gasteiger partial charge in [-0.2, -0.15) is 0 Å². The Bertz CT molecular complexity index is 191. The van der Waals surface area contributed by atoms with Gasteiger partial charge in [0, 0.05) is 12.6 Å². The summed E-state index contributed by atoms with van der Waals surface area (Å²) in [6, 6.07) is 0.824. The van der Waals surface area contributed by atoms with Crippen molar-refractivity contribution >= 4 is 0 Å². The fourth-order valence-electron chi connectivity index (χ4n) is 3.09. The molecule has 0 spiro atoms. The Morgan fingerprint density at radius 1 is 1.29 bits per heavy atom. The van der Waals surface area contributed by atoms with E-state index in [9.17, 15) is 0 Å². The Labute approximate surface area is 108 Å². The monoisotopic (exact) mass is 240 g/mol. The molecular weight excluding hydrogens is 208 g/mol. The molecule has 0 bridgehead atoms. The zero-order chi connectivity index (χ0) is 12.7. The van der Waals surface area contributed by atoms with Crippen molar-refractivity contribution in [2.75, 3.05) is 26.7 Å². The van der Waals surface area contributed by atoms with Gasteiger partial charge in [-0.15, -0.1) is 0 Å². The molecule has 102 valence electrons. The first-order valence-electron chi connectivity index (χ1n) is 7.59. The van der Waals surface area contributed by atoms with Crippen LogP contribution in [0.4, 0.5) is 0 Å². The SMILES string of the molecule is CCC(C)CC(CC)N1CCCC(CNC)C1. The van der Waals surface area contributed by atoms with Crippen LogP contribution in [0.5, 0.6) is 0 Å². The predicted octanol–water partition coefficient (Wildman–Crippen LogP) is 3.13. The summed E-state index contributed by atoms with van der Waals surface area (Å²) in [7, 11) is 2.08. The fourth-order valence-corrected chi connectivity index (χ4v) is 3.09. The van der Waals surface area contributed by atoms with Crippen LogP contribution in [0.3, 0.4) is 0 Å². The second-order valence-electron chi connectivity index (χ2n) is 5.87. The molecule has 2 nitrogen and oxygen atoms in total. The molecule has 0 aliphatic carbocycles. The van der Waals surface area contributed by atoms with Crippen LogP contribution >= 0.6 is 0 Å². The van der Waals surface area contributed by atoms with Gasteiger partial charge in [-0.05, 0) is 57.7 Å². The highest BCUT2D eigenvalue weighted by molar-refractivity contribution is 4.80. The molecule has 2 heteroatoms. The Morgan fingerprint density at radius 3 is 2.65 bits per heavy atom. The molecule has 3 atom stereocenters. The number of nitrogens with zero attached hydrogens (tertiary/aromatic N) is 1. The first kappa shape index (κ1) is 15.0. The van der Waals surface area contributed by atoms with Gasteiger partial charge in [0.2, 0.25) is 0 Å². The molecule has 0 radical (unpaired) electrons. The molecule has 1 heterocycles. The zero-order valence-electron chi connectivity index (χ0n) is 12.3. The summed E-state index contributed by atoms with van der Waals surface area (Å²) in [6.45, 7) is 10.9. The Hall–Kier alpha value is -0.0800. The highest BCUT2D eigenvalue weighted by Gasteiger charge is 2.25. The van der Waals surface area contributed by atoms with Crippen LogP contribution in [-0.4, -0.2) is 37.6 Å². The third kappa shape index (κ3) is 4.97. The van der Waals surface area contributed by atoms with Crippen LogP contribution < -0.4 is 5.32 Å². The molecule has 1 N–H and O–H groups in total. The normalized spacial score (nSPS) is 25.8. The van der Waals surface area contributed by atoms with Gasteiger partial charge < -0.3 is 10.2 Å². The van der Waals surface area contributed by atoms with Crippen LogP contribution in [0.1, 0.15) is 52.9 Å². The van der Waals surface area contributed by atoms with Gasteiger partial charge in [0.05, 0.1) is 0 Å². The van der Waals surface area contributed by atoms with Crippen molar-refractivity contribution in [3.63, 3.8) is 0 Å². The Balaban J connectivity index is 2.44. The minimum absolute atomic E-state index is 0.824. The van der Waals surface area contributed by atoms with E-state index in [1.54, 1.807) is 0 Å². The number of hydrogen-bond acceptors (Lipinski definition) is 2. The summed E-state index contributed by atoms with van der Waals surface area (Å²) in [6.07, 6.45) is 6.83. The van der Waals surface area contributed by atoms with Crippen molar-refractivity contribution in [2.45, 2.75) is 58.9 Å². The zero-order valence-corrected chi connectivity index (χ0v) is 12.3. The van der Waals surface area contributed by atoms with Gasteiger partial charge in [0.1, 0.15) is 0 Å². The molecule has 1 fully saturated rings. The van der Waals surface area contributed by atoms with Gasteiger partial charge in [-0.1, -0.05) is 27.2 Å². The van der Waals surface area contributed by atoms with E-state index in [2.05, 4.69) is 38.0 Å². The second kappa shape index (κ2) is 8.10. The summed E-state index contributed by atoms with van der Waals surface area (Å²) in [5, 5.41) is 3.34. The number of hydrogen-bond donors (Lipinski definition) is 1. The van der Waals surface area contributed by atoms with Gasteiger partial charge in [-0.25, -0.2) is 0 Å². The lowest BCUT2D eigenvalue weighted by molar-refractivity contribution is 0.104. The van der Waals surface area contributed by atoms with E-state index in [1.807, 2.05) is 0 Å². The second-order valence-corrected chi connectivity index (χ2v) is 5.87. The van der Waals surface area contributed by atoms with E-state index in [-0.39, 0.29) is 0 Å². The van der Waals surface area contributed by atoms with Crippen LogP contribution in [0.2, 0.25) is 0 Å². The number of rotatable bonds is 7. The maximum atomic E-state index is 3.34. The molecule has 0 saturated carbocycles. The Morgan fingerprint density at radius 2 is 2.06 bits per heavy atom. The van der Waals surface area contributed by atoms with E-state index in [1.165, 1.54) is 51.7 Å². The standard InChI is InChI=1S/C15H32N2/c1-5-13(3)10-15(6-2)17-9-7-8-14(12-17)11-16-4/h13-16H,5-12H2,1-4H3. The van der Waals surface area contributed by atoms with Crippen molar-refractivity contribution in [1.82, 2.24) is 10.2 Å². The van der Waals surface area contributed by atoms with Crippen molar-refractivity contribution in [2.24, 2.45) is 11.8 Å². The van der Waals surface area contributed by atoms with Gasteiger partial charge in [0.15, 0.2) is 0 Å². The molecule has 3 unspecified atom stereocenters. The molecule has 17 heavy (non-hydrogen) atoms. The average molecular weight is 240 g/mol. The lowest BCUT2D eigenvalue weighted by Gasteiger charge is -2.39. The van der Waals surface area contributed by atoms with Crippen LogP contribution in [-0.2, 0) is 0 Å². The van der Waals surface area contributed by atoms with Gasteiger partial charge >= 0.3 is 0 Å². The lowest BCUT2D eigenvalue weighted by Crippen LogP contribution is -2.45. The molecule has 0 aromatic heterocycles. The molecule has 1 aliphatic heterocycles. The molecule has 1 aliphatic rings. The molecule has 0 aromatic rings. The topological polar surface area (TPSA) is 15.3 Å². The maximum Gasteiger partial charge on any atom is 0.00952 e. The van der Waals surface area contributed by atoms with Crippen LogP contribution in [0.15, 0.2) is 0 Å². The minimum Gasteiger partial charge on any atom is -0.319 e. The molecular formula is C15H32N2.